The van der Waals surface area contributed by atoms with E-state index in [0.29, 0.717) is 13.1 Å². The fraction of sp³-hybridized carbons (Fsp3) is 0.706. The number of aromatic nitrogens is 5. The SMILES string of the molecule is O[C@@H](CN1CCC[C@H]1c1nnc2n1CCCCC2)Cn1cccn1. The fourth-order valence-electron chi connectivity index (χ4n) is 4.04. The maximum atomic E-state index is 10.4. The van der Waals surface area contributed by atoms with Gasteiger partial charge in [-0.15, -0.1) is 10.2 Å². The normalized spacial score (nSPS) is 23.1. The van der Waals surface area contributed by atoms with Gasteiger partial charge >= 0.3 is 0 Å². The lowest BCUT2D eigenvalue weighted by Crippen LogP contribution is -2.35. The van der Waals surface area contributed by atoms with Gasteiger partial charge in [-0.1, -0.05) is 6.42 Å². The van der Waals surface area contributed by atoms with E-state index in [9.17, 15) is 5.11 Å². The van der Waals surface area contributed by atoms with Gasteiger partial charge in [0.2, 0.25) is 0 Å². The number of likely N-dealkylation sites (tertiary alicyclic amines) is 1. The van der Waals surface area contributed by atoms with Crippen LogP contribution in [0.4, 0.5) is 0 Å². The Morgan fingerprint density at radius 3 is 2.96 bits per heavy atom. The summed E-state index contributed by atoms with van der Waals surface area (Å²) in [6, 6.07) is 2.17. The minimum atomic E-state index is -0.419. The molecule has 1 fully saturated rings. The lowest BCUT2D eigenvalue weighted by Gasteiger charge is -2.26. The summed E-state index contributed by atoms with van der Waals surface area (Å²) in [6.45, 7) is 3.25. The largest absolute Gasteiger partial charge is 0.390 e. The van der Waals surface area contributed by atoms with Gasteiger partial charge in [-0.3, -0.25) is 9.58 Å². The van der Waals surface area contributed by atoms with Crippen LogP contribution >= 0.6 is 0 Å². The monoisotopic (exact) mass is 330 g/mol. The van der Waals surface area contributed by atoms with E-state index in [4.69, 9.17) is 0 Å². The van der Waals surface area contributed by atoms with Crippen molar-refractivity contribution in [2.45, 2.75) is 63.8 Å². The summed E-state index contributed by atoms with van der Waals surface area (Å²) in [5.74, 6) is 2.25. The van der Waals surface area contributed by atoms with Crippen LogP contribution in [-0.2, 0) is 19.5 Å². The third-order valence-corrected chi connectivity index (χ3v) is 5.20. The molecule has 4 heterocycles. The molecule has 0 amide bonds. The number of β-amino-alcohol motifs (C(OH)–C–C–N with tert-alkyl or cyclic N) is 1. The topological polar surface area (TPSA) is 72.0 Å². The number of aryl methyl sites for hydroxylation is 1. The summed E-state index contributed by atoms with van der Waals surface area (Å²) in [5.41, 5.74) is 0. The van der Waals surface area contributed by atoms with Gasteiger partial charge in [0.25, 0.3) is 0 Å². The number of hydrogen-bond acceptors (Lipinski definition) is 5. The van der Waals surface area contributed by atoms with Crippen molar-refractivity contribution >= 4 is 0 Å². The van der Waals surface area contributed by atoms with Gasteiger partial charge in [0.15, 0.2) is 0 Å². The van der Waals surface area contributed by atoms with E-state index in [1.807, 2.05) is 12.3 Å². The Bertz CT molecular complexity index is 652. The van der Waals surface area contributed by atoms with E-state index in [0.717, 1.165) is 44.0 Å². The van der Waals surface area contributed by atoms with Crippen molar-refractivity contribution in [2.75, 3.05) is 13.1 Å². The first kappa shape index (κ1) is 15.8. The quantitative estimate of drug-likeness (QED) is 0.897. The van der Waals surface area contributed by atoms with Crippen molar-refractivity contribution in [2.24, 2.45) is 0 Å². The number of aliphatic hydroxyl groups is 1. The van der Waals surface area contributed by atoms with Crippen molar-refractivity contribution in [3.05, 3.63) is 30.1 Å². The lowest BCUT2D eigenvalue weighted by atomic mass is 10.2. The number of aliphatic hydroxyl groups excluding tert-OH is 1. The molecule has 1 saturated heterocycles. The Balaban J connectivity index is 1.46. The van der Waals surface area contributed by atoms with Gasteiger partial charge in [0.1, 0.15) is 11.6 Å². The molecule has 0 bridgehead atoms. The molecule has 2 atom stereocenters. The molecule has 0 aromatic carbocycles. The summed E-state index contributed by atoms with van der Waals surface area (Å²) in [7, 11) is 0. The van der Waals surface area contributed by atoms with Gasteiger partial charge in [-0.05, 0) is 38.3 Å². The molecule has 0 aliphatic carbocycles. The van der Waals surface area contributed by atoms with Gasteiger partial charge < -0.3 is 9.67 Å². The minimum absolute atomic E-state index is 0.289. The predicted molar refractivity (Wildman–Crippen MR) is 89.4 cm³/mol. The zero-order valence-corrected chi connectivity index (χ0v) is 14.1. The van der Waals surface area contributed by atoms with E-state index < -0.39 is 6.10 Å². The Kier molecular flexibility index (Phi) is 4.62. The van der Waals surface area contributed by atoms with E-state index in [1.165, 1.54) is 19.3 Å². The standard InChI is InChI=1S/C17H26N6O/c24-14(13-22-10-5-8-18-22)12-21-9-4-6-15(21)17-20-19-16-7-2-1-3-11-23(16)17/h5,8,10,14-15,24H,1-4,6-7,9,11-13H2/t14-,15-/m0/s1. The second kappa shape index (κ2) is 7.03. The average Bonchev–Trinajstić information content (AvgIpc) is 3.27. The molecule has 2 aliphatic heterocycles. The molecule has 2 aromatic rings. The Morgan fingerprint density at radius 1 is 1.12 bits per heavy atom. The van der Waals surface area contributed by atoms with Crippen LogP contribution < -0.4 is 0 Å². The van der Waals surface area contributed by atoms with Crippen LogP contribution in [0, 0.1) is 0 Å². The van der Waals surface area contributed by atoms with Crippen molar-refractivity contribution < 1.29 is 5.11 Å². The highest BCUT2D eigenvalue weighted by Gasteiger charge is 2.32. The smallest absolute Gasteiger partial charge is 0.150 e. The van der Waals surface area contributed by atoms with Crippen molar-refractivity contribution in [1.29, 1.82) is 0 Å². The Morgan fingerprint density at radius 2 is 2.08 bits per heavy atom. The van der Waals surface area contributed by atoms with Gasteiger partial charge in [0, 0.05) is 31.9 Å². The molecule has 0 radical (unpaired) electrons. The number of hydrogen-bond donors (Lipinski definition) is 1. The van der Waals surface area contributed by atoms with Crippen molar-refractivity contribution in [3.8, 4) is 0 Å². The molecule has 130 valence electrons. The van der Waals surface area contributed by atoms with Crippen LogP contribution in [0.2, 0.25) is 0 Å². The van der Waals surface area contributed by atoms with E-state index in [-0.39, 0.29) is 6.04 Å². The third-order valence-electron chi connectivity index (χ3n) is 5.20. The van der Waals surface area contributed by atoms with Crippen molar-refractivity contribution in [3.63, 3.8) is 0 Å². The second-order valence-corrected chi connectivity index (χ2v) is 6.97. The molecule has 24 heavy (non-hydrogen) atoms. The molecule has 7 nitrogen and oxygen atoms in total. The lowest BCUT2D eigenvalue weighted by molar-refractivity contribution is 0.0866. The molecule has 0 saturated carbocycles. The summed E-state index contributed by atoms with van der Waals surface area (Å²) >= 11 is 0. The summed E-state index contributed by atoms with van der Waals surface area (Å²) in [6.07, 6.45) is 10.2. The van der Waals surface area contributed by atoms with Crippen LogP contribution in [0.25, 0.3) is 0 Å². The molecule has 0 spiro atoms. The predicted octanol–water partition coefficient (Wildman–Crippen LogP) is 1.40. The highest BCUT2D eigenvalue weighted by molar-refractivity contribution is 5.05. The first-order valence-electron chi connectivity index (χ1n) is 9.13. The molecule has 0 unspecified atom stereocenters. The first-order chi connectivity index (χ1) is 11.8. The Hall–Kier alpha value is -1.73. The third kappa shape index (κ3) is 3.23. The van der Waals surface area contributed by atoms with Gasteiger partial charge in [-0.2, -0.15) is 5.10 Å². The van der Waals surface area contributed by atoms with Crippen LogP contribution in [0.1, 0.15) is 49.8 Å². The van der Waals surface area contributed by atoms with Crippen LogP contribution in [0.5, 0.6) is 0 Å². The first-order valence-corrected chi connectivity index (χ1v) is 9.13. The van der Waals surface area contributed by atoms with Crippen LogP contribution in [0.3, 0.4) is 0 Å². The van der Waals surface area contributed by atoms with E-state index >= 15 is 0 Å². The van der Waals surface area contributed by atoms with E-state index in [2.05, 4.69) is 24.8 Å². The minimum Gasteiger partial charge on any atom is -0.390 e. The zero-order valence-electron chi connectivity index (χ0n) is 14.1. The Labute approximate surface area is 142 Å². The second-order valence-electron chi connectivity index (χ2n) is 6.97. The van der Waals surface area contributed by atoms with Crippen LogP contribution in [0.15, 0.2) is 18.5 Å². The van der Waals surface area contributed by atoms with Gasteiger partial charge in [-0.25, -0.2) is 0 Å². The van der Waals surface area contributed by atoms with E-state index in [1.54, 1.807) is 10.9 Å². The average molecular weight is 330 g/mol. The molecule has 4 rings (SSSR count). The highest BCUT2D eigenvalue weighted by atomic mass is 16.3. The summed E-state index contributed by atoms with van der Waals surface area (Å²) in [4.78, 5) is 2.37. The highest BCUT2D eigenvalue weighted by Crippen LogP contribution is 2.32. The number of fused-ring (bicyclic) bond motifs is 1. The molecular weight excluding hydrogens is 304 g/mol. The molecule has 1 N–H and O–H groups in total. The van der Waals surface area contributed by atoms with Crippen molar-refractivity contribution in [1.82, 2.24) is 29.4 Å². The van der Waals surface area contributed by atoms with Gasteiger partial charge in [0.05, 0.1) is 18.7 Å². The number of nitrogens with zero attached hydrogens (tertiary/aromatic N) is 6. The zero-order chi connectivity index (χ0) is 16.4. The maximum absolute atomic E-state index is 10.4. The molecule has 2 aromatic heterocycles. The number of rotatable bonds is 5. The fourth-order valence-corrected chi connectivity index (χ4v) is 4.04. The summed E-state index contributed by atoms with van der Waals surface area (Å²) < 4.78 is 4.13. The maximum Gasteiger partial charge on any atom is 0.150 e. The molecular formula is C17H26N6O. The molecule has 7 heteroatoms. The van der Waals surface area contributed by atoms with Crippen LogP contribution in [-0.4, -0.2) is 53.7 Å². The summed E-state index contributed by atoms with van der Waals surface area (Å²) in [5, 5.41) is 23.6. The molecule has 2 aliphatic rings.